The number of pyridine rings is 1. The lowest BCUT2D eigenvalue weighted by Gasteiger charge is -2.19. The Morgan fingerprint density at radius 1 is 1.15 bits per heavy atom. The Morgan fingerprint density at radius 3 is 2.35 bits per heavy atom. The van der Waals surface area contributed by atoms with E-state index < -0.39 is 0 Å². The van der Waals surface area contributed by atoms with Crippen LogP contribution in [-0.4, -0.2) is 4.98 Å². The summed E-state index contributed by atoms with van der Waals surface area (Å²) >= 11 is 0. The second-order valence-electron chi connectivity index (χ2n) is 6.12. The fourth-order valence-electron chi connectivity index (χ4n) is 2.21. The fraction of sp³-hybridized carbons (Fsp3) is 0.333. The third-order valence-electron chi connectivity index (χ3n) is 3.50. The van der Waals surface area contributed by atoms with Gasteiger partial charge in [-0.15, -0.1) is 0 Å². The molecule has 1 aromatic carbocycles. The molecule has 0 amide bonds. The highest BCUT2D eigenvalue weighted by Gasteiger charge is 2.16. The van der Waals surface area contributed by atoms with Gasteiger partial charge < -0.3 is 0 Å². The molecule has 2 heteroatoms. The Labute approximate surface area is 121 Å². The Hall–Kier alpha value is -2.14. The molecule has 0 aliphatic rings. The number of nitriles is 1. The summed E-state index contributed by atoms with van der Waals surface area (Å²) in [7, 11) is 0. The normalized spacial score (nSPS) is 12.7. The van der Waals surface area contributed by atoms with E-state index in [1.165, 1.54) is 5.56 Å². The average molecular weight is 264 g/mol. The predicted octanol–water partition coefficient (Wildman–Crippen LogP) is 4.23. The first kappa shape index (κ1) is 14.3. The molecule has 0 saturated heterocycles. The molecule has 2 aromatic rings. The van der Waals surface area contributed by atoms with Gasteiger partial charge in [0.25, 0.3) is 0 Å². The van der Waals surface area contributed by atoms with Gasteiger partial charge in [0.15, 0.2) is 0 Å². The molecule has 0 fully saturated rings. The molecule has 0 radical (unpaired) electrons. The highest BCUT2D eigenvalue weighted by Crippen LogP contribution is 2.25. The van der Waals surface area contributed by atoms with Crippen LogP contribution in [0.3, 0.4) is 0 Å². The molecule has 1 aromatic heterocycles. The van der Waals surface area contributed by atoms with Gasteiger partial charge in [-0.25, -0.2) is 0 Å². The van der Waals surface area contributed by atoms with Gasteiger partial charge in [-0.2, -0.15) is 5.26 Å². The summed E-state index contributed by atoms with van der Waals surface area (Å²) in [6.45, 7) is 6.58. The van der Waals surface area contributed by atoms with Gasteiger partial charge in [0.1, 0.15) is 0 Å². The number of aromatic nitrogens is 1. The molecule has 0 spiro atoms. The number of rotatable bonds is 3. The summed E-state index contributed by atoms with van der Waals surface area (Å²) in [5.41, 5.74) is 3.60. The van der Waals surface area contributed by atoms with E-state index in [-0.39, 0.29) is 11.3 Å². The molecule has 1 unspecified atom stereocenters. The van der Waals surface area contributed by atoms with Crippen LogP contribution in [-0.2, 0) is 11.8 Å². The summed E-state index contributed by atoms with van der Waals surface area (Å²) in [6, 6.07) is 14.7. The highest BCUT2D eigenvalue weighted by atomic mass is 14.6. The Morgan fingerprint density at radius 2 is 1.85 bits per heavy atom. The van der Waals surface area contributed by atoms with Crippen LogP contribution >= 0.6 is 0 Å². The Balaban J connectivity index is 2.19. The zero-order valence-electron chi connectivity index (χ0n) is 12.3. The molecule has 2 rings (SSSR count). The third kappa shape index (κ3) is 3.45. The van der Waals surface area contributed by atoms with Crippen molar-refractivity contribution in [1.82, 2.24) is 4.98 Å². The van der Waals surface area contributed by atoms with Crippen molar-refractivity contribution in [3.05, 3.63) is 65.5 Å². The summed E-state index contributed by atoms with van der Waals surface area (Å²) in [5, 5.41) is 9.40. The Bertz CT molecular complexity index is 586. The van der Waals surface area contributed by atoms with Crippen molar-refractivity contribution in [3.8, 4) is 6.07 Å². The maximum Gasteiger partial charge on any atom is 0.0753 e. The molecule has 20 heavy (non-hydrogen) atoms. The molecule has 0 bridgehead atoms. The smallest absolute Gasteiger partial charge is 0.0753 e. The molecular formula is C18H20N2. The van der Waals surface area contributed by atoms with Gasteiger partial charge in [-0.05, 0) is 34.6 Å². The molecule has 2 nitrogen and oxygen atoms in total. The van der Waals surface area contributed by atoms with E-state index in [9.17, 15) is 5.26 Å². The summed E-state index contributed by atoms with van der Waals surface area (Å²) in [6.07, 6.45) is 4.29. The quantitative estimate of drug-likeness (QED) is 0.831. The van der Waals surface area contributed by atoms with Crippen molar-refractivity contribution in [2.45, 2.75) is 38.5 Å². The lowest BCUT2D eigenvalue weighted by molar-refractivity contribution is 0.589. The van der Waals surface area contributed by atoms with E-state index >= 15 is 0 Å². The third-order valence-corrected chi connectivity index (χ3v) is 3.50. The van der Waals surface area contributed by atoms with Crippen molar-refractivity contribution >= 4 is 0 Å². The van der Waals surface area contributed by atoms with Gasteiger partial charge in [-0.3, -0.25) is 4.98 Å². The molecule has 0 N–H and O–H groups in total. The molecule has 0 aliphatic heterocycles. The maximum atomic E-state index is 9.40. The number of benzene rings is 1. The van der Waals surface area contributed by atoms with E-state index in [0.29, 0.717) is 6.42 Å². The van der Waals surface area contributed by atoms with Crippen molar-refractivity contribution in [2.24, 2.45) is 0 Å². The van der Waals surface area contributed by atoms with Crippen LogP contribution in [0.1, 0.15) is 43.4 Å². The average Bonchev–Trinajstić information content (AvgIpc) is 2.45. The zero-order valence-corrected chi connectivity index (χ0v) is 12.3. The molecular weight excluding hydrogens is 244 g/mol. The van der Waals surface area contributed by atoms with Crippen LogP contribution in [0.2, 0.25) is 0 Å². The molecule has 1 heterocycles. The van der Waals surface area contributed by atoms with E-state index in [1.54, 1.807) is 6.20 Å². The fourth-order valence-corrected chi connectivity index (χ4v) is 2.21. The predicted molar refractivity (Wildman–Crippen MR) is 81.4 cm³/mol. The van der Waals surface area contributed by atoms with Crippen LogP contribution in [0.25, 0.3) is 0 Å². The lowest BCUT2D eigenvalue weighted by atomic mass is 9.85. The molecule has 102 valence electrons. The van der Waals surface area contributed by atoms with E-state index in [1.807, 2.05) is 18.3 Å². The number of hydrogen-bond acceptors (Lipinski definition) is 2. The number of hydrogen-bond donors (Lipinski definition) is 0. The van der Waals surface area contributed by atoms with Gasteiger partial charge in [0.2, 0.25) is 0 Å². The van der Waals surface area contributed by atoms with Gasteiger partial charge >= 0.3 is 0 Å². The lowest BCUT2D eigenvalue weighted by Crippen LogP contribution is -2.11. The van der Waals surface area contributed by atoms with Gasteiger partial charge in [-0.1, -0.05) is 51.1 Å². The monoisotopic (exact) mass is 264 g/mol. The second kappa shape index (κ2) is 5.88. The van der Waals surface area contributed by atoms with Crippen LogP contribution in [0.5, 0.6) is 0 Å². The summed E-state index contributed by atoms with van der Waals surface area (Å²) in [4.78, 5) is 4.10. The minimum atomic E-state index is -0.117. The van der Waals surface area contributed by atoms with E-state index in [4.69, 9.17) is 0 Å². The van der Waals surface area contributed by atoms with Gasteiger partial charge in [0.05, 0.1) is 12.0 Å². The van der Waals surface area contributed by atoms with Crippen molar-refractivity contribution in [1.29, 1.82) is 5.26 Å². The minimum absolute atomic E-state index is 0.117. The van der Waals surface area contributed by atoms with Crippen LogP contribution in [0.15, 0.2) is 48.8 Å². The van der Waals surface area contributed by atoms with Gasteiger partial charge in [0, 0.05) is 12.4 Å². The number of nitrogens with zero attached hydrogens (tertiary/aromatic N) is 2. The van der Waals surface area contributed by atoms with Crippen molar-refractivity contribution in [3.63, 3.8) is 0 Å². The Kier molecular flexibility index (Phi) is 4.20. The molecule has 1 atom stereocenters. The van der Waals surface area contributed by atoms with Crippen molar-refractivity contribution < 1.29 is 0 Å². The minimum Gasteiger partial charge on any atom is -0.264 e. The summed E-state index contributed by atoms with van der Waals surface area (Å²) < 4.78 is 0. The summed E-state index contributed by atoms with van der Waals surface area (Å²) in [5.74, 6) is -0.117. The van der Waals surface area contributed by atoms with Crippen LogP contribution in [0.4, 0.5) is 0 Å². The zero-order chi connectivity index (χ0) is 14.6. The van der Waals surface area contributed by atoms with Crippen LogP contribution in [0, 0.1) is 11.3 Å². The standard InChI is InChI=1S/C18H20N2/c1-18(2,3)17-8-6-15(7-9-17)16(12-19)11-14-5-4-10-20-13-14/h4-10,13,16H,11H2,1-3H3. The van der Waals surface area contributed by atoms with Crippen molar-refractivity contribution in [2.75, 3.05) is 0 Å². The SMILES string of the molecule is CC(C)(C)c1ccc(C(C#N)Cc2cccnc2)cc1. The first-order valence-corrected chi connectivity index (χ1v) is 6.89. The van der Waals surface area contributed by atoms with E-state index in [2.05, 4.69) is 56.1 Å². The maximum absolute atomic E-state index is 9.40. The highest BCUT2D eigenvalue weighted by molar-refractivity contribution is 5.33. The first-order chi connectivity index (χ1) is 9.50. The molecule has 0 saturated carbocycles. The topological polar surface area (TPSA) is 36.7 Å². The van der Waals surface area contributed by atoms with E-state index in [0.717, 1.165) is 11.1 Å². The second-order valence-corrected chi connectivity index (χ2v) is 6.12. The first-order valence-electron chi connectivity index (χ1n) is 6.89. The van der Waals surface area contributed by atoms with Crippen LogP contribution < -0.4 is 0 Å². The molecule has 0 aliphatic carbocycles. The largest absolute Gasteiger partial charge is 0.264 e.